The molecule has 2 N–H and O–H groups in total. The van der Waals surface area contributed by atoms with Crippen molar-refractivity contribution in [2.75, 3.05) is 0 Å². The van der Waals surface area contributed by atoms with E-state index in [4.69, 9.17) is 0 Å². The fourth-order valence-corrected chi connectivity index (χ4v) is 1.71. The zero-order valence-corrected chi connectivity index (χ0v) is 10.2. The van der Waals surface area contributed by atoms with Crippen LogP contribution in [0.3, 0.4) is 0 Å². The van der Waals surface area contributed by atoms with Crippen LogP contribution in [-0.4, -0.2) is 10.1 Å². The monoisotopic (exact) mass is 246 g/mol. The topological polar surface area (TPSA) is 45.2 Å². The number of aromatic hydroxyl groups is 1. The quantitative estimate of drug-likeness (QED) is 0.871. The third-order valence-electron chi connectivity index (χ3n) is 2.77. The lowest BCUT2D eigenvalue weighted by molar-refractivity contribution is 0.461. The van der Waals surface area contributed by atoms with Gasteiger partial charge in [-0.25, -0.2) is 4.39 Å². The summed E-state index contributed by atoms with van der Waals surface area (Å²) in [5, 5.41) is 12.7. The van der Waals surface area contributed by atoms with Crippen molar-refractivity contribution in [2.24, 2.45) is 0 Å². The second kappa shape index (κ2) is 5.60. The number of phenolic OH excluding ortho intramolecular Hbond substituents is 1. The van der Waals surface area contributed by atoms with Gasteiger partial charge in [-0.3, -0.25) is 4.98 Å². The number of rotatable bonds is 4. The molecule has 3 nitrogen and oxygen atoms in total. The summed E-state index contributed by atoms with van der Waals surface area (Å²) in [6.07, 6.45) is 1.74. The molecule has 0 aliphatic carbocycles. The number of nitrogens with one attached hydrogen (secondary N) is 1. The Kier molecular flexibility index (Phi) is 3.89. The molecular weight excluding hydrogens is 231 g/mol. The van der Waals surface area contributed by atoms with E-state index in [0.29, 0.717) is 18.7 Å². The molecule has 0 spiro atoms. The minimum Gasteiger partial charge on any atom is -0.508 e. The third-order valence-corrected chi connectivity index (χ3v) is 2.77. The van der Waals surface area contributed by atoms with Crippen molar-refractivity contribution in [3.05, 3.63) is 59.2 Å². The van der Waals surface area contributed by atoms with Crippen molar-refractivity contribution >= 4 is 0 Å². The van der Waals surface area contributed by atoms with Crippen LogP contribution in [0.25, 0.3) is 0 Å². The fraction of sp³-hybridized carbons (Fsp3) is 0.214. The van der Waals surface area contributed by atoms with E-state index in [-0.39, 0.29) is 11.6 Å². The van der Waals surface area contributed by atoms with Gasteiger partial charge in [-0.1, -0.05) is 6.07 Å². The maximum absolute atomic E-state index is 13.0. The summed E-state index contributed by atoms with van der Waals surface area (Å²) in [5.74, 6) is -0.250. The largest absolute Gasteiger partial charge is 0.508 e. The smallest absolute Gasteiger partial charge is 0.123 e. The Hall–Kier alpha value is -1.94. The van der Waals surface area contributed by atoms with Crippen LogP contribution in [0.15, 0.2) is 36.5 Å². The lowest BCUT2D eigenvalue weighted by Gasteiger charge is -2.08. The van der Waals surface area contributed by atoms with Crippen molar-refractivity contribution in [1.29, 1.82) is 0 Å². The molecule has 94 valence electrons. The second-order valence-corrected chi connectivity index (χ2v) is 4.14. The molecule has 0 radical (unpaired) electrons. The number of nitrogens with zero attached hydrogens (tertiary/aromatic N) is 1. The summed E-state index contributed by atoms with van der Waals surface area (Å²) in [7, 11) is 0. The number of pyridine rings is 1. The number of aryl methyl sites for hydroxylation is 1. The second-order valence-electron chi connectivity index (χ2n) is 4.14. The minimum absolute atomic E-state index is 0.0987. The van der Waals surface area contributed by atoms with E-state index in [9.17, 15) is 9.50 Å². The van der Waals surface area contributed by atoms with E-state index in [1.165, 1.54) is 18.2 Å². The van der Waals surface area contributed by atoms with Crippen LogP contribution in [-0.2, 0) is 13.1 Å². The Morgan fingerprint density at radius 1 is 1.28 bits per heavy atom. The van der Waals surface area contributed by atoms with Gasteiger partial charge in [0, 0.05) is 24.8 Å². The van der Waals surface area contributed by atoms with Gasteiger partial charge in [0.1, 0.15) is 11.6 Å². The van der Waals surface area contributed by atoms with Crippen molar-refractivity contribution in [2.45, 2.75) is 20.0 Å². The molecule has 0 aliphatic rings. The zero-order chi connectivity index (χ0) is 13.0. The Morgan fingerprint density at radius 2 is 2.11 bits per heavy atom. The number of hydrogen-bond acceptors (Lipinski definition) is 3. The molecule has 2 aromatic rings. The molecule has 0 bridgehead atoms. The van der Waals surface area contributed by atoms with Crippen LogP contribution >= 0.6 is 0 Å². The van der Waals surface area contributed by atoms with Crippen molar-refractivity contribution in [3.8, 4) is 5.75 Å². The average Bonchev–Trinajstić information content (AvgIpc) is 2.36. The normalized spacial score (nSPS) is 10.6. The van der Waals surface area contributed by atoms with Crippen molar-refractivity contribution in [3.63, 3.8) is 0 Å². The van der Waals surface area contributed by atoms with Gasteiger partial charge in [0.15, 0.2) is 0 Å². The maximum atomic E-state index is 13.0. The molecule has 0 saturated carbocycles. The van der Waals surface area contributed by atoms with Crippen LogP contribution in [0.4, 0.5) is 4.39 Å². The molecule has 0 atom stereocenters. The summed E-state index contributed by atoms with van der Waals surface area (Å²) < 4.78 is 13.0. The molecule has 1 aromatic heterocycles. The average molecular weight is 246 g/mol. The van der Waals surface area contributed by atoms with Crippen LogP contribution in [0, 0.1) is 12.7 Å². The molecule has 2 rings (SSSR count). The molecule has 1 aromatic carbocycles. The molecule has 0 fully saturated rings. The first-order valence-corrected chi connectivity index (χ1v) is 5.75. The van der Waals surface area contributed by atoms with Crippen molar-refractivity contribution in [1.82, 2.24) is 10.3 Å². The lowest BCUT2D eigenvalue weighted by atomic mass is 10.2. The number of aromatic nitrogens is 1. The van der Waals surface area contributed by atoms with Gasteiger partial charge in [-0.2, -0.15) is 0 Å². The number of benzene rings is 1. The SMILES string of the molecule is Cc1cccnc1CNCc1cc(F)ccc1O. The van der Waals surface area contributed by atoms with E-state index in [1.54, 1.807) is 6.20 Å². The van der Waals surface area contributed by atoms with Crippen LogP contribution in [0.1, 0.15) is 16.8 Å². The Balaban J connectivity index is 1.96. The van der Waals surface area contributed by atoms with Gasteiger partial charge >= 0.3 is 0 Å². The molecule has 1 heterocycles. The molecule has 0 unspecified atom stereocenters. The van der Waals surface area contributed by atoms with Crippen molar-refractivity contribution < 1.29 is 9.50 Å². The van der Waals surface area contributed by atoms with E-state index in [0.717, 1.165) is 11.3 Å². The van der Waals surface area contributed by atoms with E-state index in [1.807, 2.05) is 19.1 Å². The Bertz CT molecular complexity index is 543. The summed E-state index contributed by atoms with van der Waals surface area (Å²) >= 11 is 0. The summed E-state index contributed by atoms with van der Waals surface area (Å²) in [6, 6.07) is 7.80. The first-order valence-electron chi connectivity index (χ1n) is 5.75. The zero-order valence-electron chi connectivity index (χ0n) is 10.2. The highest BCUT2D eigenvalue weighted by molar-refractivity contribution is 5.32. The highest BCUT2D eigenvalue weighted by Crippen LogP contribution is 2.17. The van der Waals surface area contributed by atoms with E-state index >= 15 is 0 Å². The maximum Gasteiger partial charge on any atom is 0.123 e. The van der Waals surface area contributed by atoms with Crippen LogP contribution < -0.4 is 5.32 Å². The minimum atomic E-state index is -0.349. The highest BCUT2D eigenvalue weighted by Gasteiger charge is 2.03. The summed E-state index contributed by atoms with van der Waals surface area (Å²) in [6.45, 7) is 2.98. The fourth-order valence-electron chi connectivity index (χ4n) is 1.71. The predicted octanol–water partition coefficient (Wildman–Crippen LogP) is 2.52. The van der Waals surface area contributed by atoms with Crippen LogP contribution in [0.5, 0.6) is 5.75 Å². The first kappa shape index (κ1) is 12.5. The standard InChI is InChI=1S/C14H15FN2O/c1-10-3-2-6-17-13(10)9-16-8-11-7-12(15)4-5-14(11)18/h2-7,16,18H,8-9H2,1H3. The first-order chi connectivity index (χ1) is 8.66. The van der Waals surface area contributed by atoms with E-state index in [2.05, 4.69) is 10.3 Å². The number of phenols is 1. The predicted molar refractivity (Wildman–Crippen MR) is 67.6 cm³/mol. The van der Waals surface area contributed by atoms with Gasteiger partial charge in [0.25, 0.3) is 0 Å². The van der Waals surface area contributed by atoms with Gasteiger partial charge in [-0.15, -0.1) is 0 Å². The van der Waals surface area contributed by atoms with Gasteiger partial charge < -0.3 is 10.4 Å². The molecule has 18 heavy (non-hydrogen) atoms. The van der Waals surface area contributed by atoms with E-state index < -0.39 is 0 Å². The summed E-state index contributed by atoms with van der Waals surface area (Å²) in [4.78, 5) is 4.25. The molecule has 0 amide bonds. The lowest BCUT2D eigenvalue weighted by Crippen LogP contribution is -2.14. The van der Waals surface area contributed by atoms with Crippen LogP contribution in [0.2, 0.25) is 0 Å². The number of halogens is 1. The molecular formula is C14H15FN2O. The number of hydrogen-bond donors (Lipinski definition) is 2. The highest BCUT2D eigenvalue weighted by atomic mass is 19.1. The Morgan fingerprint density at radius 3 is 2.89 bits per heavy atom. The molecule has 4 heteroatoms. The molecule has 0 aliphatic heterocycles. The van der Waals surface area contributed by atoms with Gasteiger partial charge in [0.05, 0.1) is 5.69 Å². The summed E-state index contributed by atoms with van der Waals surface area (Å²) in [5.41, 5.74) is 2.60. The Labute approximate surface area is 105 Å². The van der Waals surface area contributed by atoms with Gasteiger partial charge in [-0.05, 0) is 36.8 Å². The molecule has 0 saturated heterocycles. The van der Waals surface area contributed by atoms with Gasteiger partial charge in [0.2, 0.25) is 0 Å². The third kappa shape index (κ3) is 3.05.